The molecule has 27 heavy (non-hydrogen) atoms. The Hall–Kier alpha value is -2.90. The van der Waals surface area contributed by atoms with Crippen molar-refractivity contribution in [1.29, 1.82) is 0 Å². The molecule has 138 valence electrons. The van der Waals surface area contributed by atoms with Gasteiger partial charge in [-0.05, 0) is 18.2 Å². The maximum Gasteiger partial charge on any atom is 0.263 e. The fraction of sp³-hybridized carbons (Fsp3) is 0.105. The van der Waals surface area contributed by atoms with Gasteiger partial charge in [0, 0.05) is 15.6 Å². The number of nitrogens with one attached hydrogen (secondary N) is 2. The number of methoxy groups -OCH3 is 1. The van der Waals surface area contributed by atoms with Crippen LogP contribution in [0.2, 0.25) is 5.02 Å². The molecule has 2 amide bonds. The lowest BCUT2D eigenvalue weighted by molar-refractivity contribution is -0.120. The summed E-state index contributed by atoms with van der Waals surface area (Å²) in [6, 6.07) is 14.7. The summed E-state index contributed by atoms with van der Waals surface area (Å²) in [5.41, 5.74) is 3.08. The number of carbonyl (C=O) groups is 2. The first kappa shape index (κ1) is 18.9. The van der Waals surface area contributed by atoms with Crippen molar-refractivity contribution < 1.29 is 14.3 Å². The number of fused-ring (bicyclic) bond motifs is 1. The standard InChI is InChI=1S/C19H16ClN3O3S/c1-26-14-8-4-2-6-12(14)10-22-23-16(24)11-21-19(25)18-17(20)13-7-3-5-9-15(13)27-18/h2-10H,11H2,1H3,(H,21,25)(H,23,24). The van der Waals surface area contributed by atoms with Gasteiger partial charge >= 0.3 is 0 Å². The predicted octanol–water partition coefficient (Wildman–Crippen LogP) is 3.44. The van der Waals surface area contributed by atoms with Gasteiger partial charge in [0.2, 0.25) is 0 Å². The SMILES string of the molecule is COc1ccccc1C=NNC(=O)CNC(=O)c1sc2ccccc2c1Cl. The topological polar surface area (TPSA) is 79.8 Å². The minimum atomic E-state index is -0.452. The van der Waals surface area contributed by atoms with E-state index in [1.54, 1.807) is 19.2 Å². The Morgan fingerprint density at radius 3 is 2.70 bits per heavy atom. The molecule has 6 nitrogen and oxygen atoms in total. The van der Waals surface area contributed by atoms with Crippen LogP contribution in [0, 0.1) is 0 Å². The van der Waals surface area contributed by atoms with E-state index < -0.39 is 11.8 Å². The maximum absolute atomic E-state index is 12.3. The zero-order valence-corrected chi connectivity index (χ0v) is 15.9. The number of hydrogen-bond donors (Lipinski definition) is 2. The van der Waals surface area contributed by atoms with E-state index in [0.717, 1.165) is 15.6 Å². The molecule has 0 unspecified atom stereocenters. The van der Waals surface area contributed by atoms with Crippen LogP contribution in [-0.2, 0) is 4.79 Å². The van der Waals surface area contributed by atoms with Crippen LogP contribution < -0.4 is 15.5 Å². The molecule has 0 radical (unpaired) electrons. The highest BCUT2D eigenvalue weighted by Gasteiger charge is 2.17. The van der Waals surface area contributed by atoms with E-state index in [-0.39, 0.29) is 6.54 Å². The third-order valence-electron chi connectivity index (χ3n) is 3.68. The first-order valence-corrected chi connectivity index (χ1v) is 9.19. The average molecular weight is 402 g/mol. The molecule has 0 saturated carbocycles. The quantitative estimate of drug-likeness (QED) is 0.490. The Balaban J connectivity index is 1.56. The maximum atomic E-state index is 12.3. The van der Waals surface area contributed by atoms with Crippen LogP contribution in [-0.4, -0.2) is 31.7 Å². The highest BCUT2D eigenvalue weighted by atomic mass is 35.5. The highest BCUT2D eigenvalue weighted by Crippen LogP contribution is 2.34. The number of benzene rings is 2. The number of hydrazone groups is 1. The van der Waals surface area contributed by atoms with Crippen molar-refractivity contribution in [2.75, 3.05) is 13.7 Å². The summed E-state index contributed by atoms with van der Waals surface area (Å²) in [5, 5.41) is 7.63. The molecule has 0 saturated heterocycles. The molecule has 2 aromatic carbocycles. The number of halogens is 1. The normalized spacial score (nSPS) is 10.9. The lowest BCUT2D eigenvalue weighted by Crippen LogP contribution is -2.34. The summed E-state index contributed by atoms with van der Waals surface area (Å²) in [6.07, 6.45) is 1.47. The Bertz CT molecular complexity index is 1020. The van der Waals surface area contributed by atoms with E-state index >= 15 is 0 Å². The van der Waals surface area contributed by atoms with Crippen LogP contribution >= 0.6 is 22.9 Å². The summed E-state index contributed by atoms with van der Waals surface area (Å²) < 4.78 is 6.11. The molecule has 3 aromatic rings. The zero-order chi connectivity index (χ0) is 19.2. The fourth-order valence-corrected chi connectivity index (χ4v) is 3.82. The molecule has 0 aliphatic heterocycles. The van der Waals surface area contributed by atoms with Crippen molar-refractivity contribution in [2.24, 2.45) is 5.10 Å². The van der Waals surface area contributed by atoms with Gasteiger partial charge in [0.1, 0.15) is 10.6 Å². The second-order valence-electron chi connectivity index (χ2n) is 5.46. The summed E-state index contributed by atoms with van der Waals surface area (Å²) in [5.74, 6) is -0.208. The smallest absolute Gasteiger partial charge is 0.263 e. The molecule has 0 spiro atoms. The van der Waals surface area contributed by atoms with Gasteiger partial charge in [0.25, 0.3) is 11.8 Å². The van der Waals surface area contributed by atoms with Crippen molar-refractivity contribution in [3.05, 3.63) is 64.0 Å². The second-order valence-corrected chi connectivity index (χ2v) is 6.89. The summed E-state index contributed by atoms with van der Waals surface area (Å²) in [7, 11) is 1.56. The van der Waals surface area contributed by atoms with E-state index in [1.165, 1.54) is 17.6 Å². The summed E-state index contributed by atoms with van der Waals surface area (Å²) in [6.45, 7) is -0.216. The number of thiophene rings is 1. The Kier molecular flexibility index (Phi) is 6.05. The Labute approximate surface area is 164 Å². The first-order chi connectivity index (χ1) is 13.1. The molecular formula is C19H16ClN3O3S. The summed E-state index contributed by atoms with van der Waals surface area (Å²) in [4.78, 5) is 24.6. The van der Waals surface area contributed by atoms with E-state index in [1.807, 2.05) is 36.4 Å². The number of rotatable bonds is 6. The molecule has 1 heterocycles. The van der Waals surface area contributed by atoms with Crippen molar-refractivity contribution in [2.45, 2.75) is 0 Å². The zero-order valence-electron chi connectivity index (χ0n) is 14.4. The molecule has 3 rings (SSSR count). The molecule has 1 aromatic heterocycles. The average Bonchev–Trinajstić information content (AvgIpc) is 3.03. The van der Waals surface area contributed by atoms with Gasteiger partial charge in [0.15, 0.2) is 0 Å². The van der Waals surface area contributed by atoms with Gasteiger partial charge in [0.05, 0.1) is 24.9 Å². The summed E-state index contributed by atoms with van der Waals surface area (Å²) >= 11 is 7.54. The molecule has 0 aliphatic carbocycles. The molecule has 0 bridgehead atoms. The number of para-hydroxylation sites is 1. The second kappa shape index (κ2) is 8.66. The van der Waals surface area contributed by atoms with Crippen LogP contribution in [0.15, 0.2) is 53.6 Å². The van der Waals surface area contributed by atoms with Crippen LogP contribution in [0.4, 0.5) is 0 Å². The number of nitrogens with zero attached hydrogens (tertiary/aromatic N) is 1. The Morgan fingerprint density at radius 1 is 1.19 bits per heavy atom. The molecule has 0 aliphatic rings. The van der Waals surface area contributed by atoms with Gasteiger partial charge in [-0.15, -0.1) is 11.3 Å². The van der Waals surface area contributed by atoms with Crippen LogP contribution in [0.25, 0.3) is 10.1 Å². The van der Waals surface area contributed by atoms with Crippen LogP contribution in [0.5, 0.6) is 5.75 Å². The monoisotopic (exact) mass is 401 g/mol. The van der Waals surface area contributed by atoms with E-state index in [4.69, 9.17) is 16.3 Å². The largest absolute Gasteiger partial charge is 0.496 e. The van der Waals surface area contributed by atoms with Gasteiger partial charge < -0.3 is 10.1 Å². The predicted molar refractivity (Wildman–Crippen MR) is 108 cm³/mol. The minimum absolute atomic E-state index is 0.216. The lowest BCUT2D eigenvalue weighted by atomic mass is 10.2. The van der Waals surface area contributed by atoms with E-state index in [0.29, 0.717) is 15.6 Å². The molecule has 0 atom stereocenters. The number of carbonyl (C=O) groups excluding carboxylic acids is 2. The van der Waals surface area contributed by atoms with Gasteiger partial charge in [-0.25, -0.2) is 5.43 Å². The molecule has 2 N–H and O–H groups in total. The third kappa shape index (κ3) is 4.45. The number of amides is 2. The van der Waals surface area contributed by atoms with Crippen molar-refractivity contribution >= 4 is 51.1 Å². The van der Waals surface area contributed by atoms with Gasteiger partial charge in [-0.3, -0.25) is 9.59 Å². The van der Waals surface area contributed by atoms with Crippen molar-refractivity contribution in [3.63, 3.8) is 0 Å². The molecule has 8 heteroatoms. The van der Waals surface area contributed by atoms with Crippen molar-refractivity contribution in [1.82, 2.24) is 10.7 Å². The fourth-order valence-electron chi connectivity index (χ4n) is 2.39. The van der Waals surface area contributed by atoms with E-state index in [2.05, 4.69) is 15.8 Å². The van der Waals surface area contributed by atoms with Crippen molar-refractivity contribution in [3.8, 4) is 5.75 Å². The Morgan fingerprint density at radius 2 is 1.93 bits per heavy atom. The first-order valence-electron chi connectivity index (χ1n) is 8.00. The third-order valence-corrected chi connectivity index (χ3v) is 5.36. The molecule has 0 fully saturated rings. The van der Waals surface area contributed by atoms with E-state index in [9.17, 15) is 9.59 Å². The van der Waals surface area contributed by atoms with Crippen LogP contribution in [0.1, 0.15) is 15.2 Å². The van der Waals surface area contributed by atoms with Gasteiger partial charge in [-0.2, -0.15) is 5.10 Å². The number of hydrogen-bond acceptors (Lipinski definition) is 5. The molecular weight excluding hydrogens is 386 g/mol. The van der Waals surface area contributed by atoms with Gasteiger partial charge in [-0.1, -0.05) is 41.9 Å². The number of ether oxygens (including phenoxy) is 1. The lowest BCUT2D eigenvalue weighted by Gasteiger charge is -2.04. The highest BCUT2D eigenvalue weighted by molar-refractivity contribution is 7.21. The minimum Gasteiger partial charge on any atom is -0.496 e. The van der Waals surface area contributed by atoms with Crippen LogP contribution in [0.3, 0.4) is 0 Å².